The topological polar surface area (TPSA) is 27.7 Å². The second kappa shape index (κ2) is 6.69. The third kappa shape index (κ3) is 3.72. The van der Waals surface area contributed by atoms with E-state index < -0.39 is 0 Å². The Morgan fingerprint density at radius 1 is 1.27 bits per heavy atom. The fourth-order valence-electron chi connectivity index (χ4n) is 1.10. The lowest BCUT2D eigenvalue weighted by Gasteiger charge is -2.11. The Bertz CT molecular complexity index is 302. The molecule has 3 nitrogen and oxygen atoms in total. The molecule has 0 amide bonds. The molecule has 0 aliphatic rings. The lowest BCUT2D eigenvalue weighted by molar-refractivity contribution is 0.0209. The molecule has 0 atom stereocenters. The average molecular weight is 275 g/mol. The zero-order valence-corrected chi connectivity index (χ0v) is 10.5. The van der Waals surface area contributed by atoms with Gasteiger partial charge in [0.15, 0.2) is 18.3 Å². The van der Waals surface area contributed by atoms with Gasteiger partial charge < -0.3 is 14.2 Å². The highest BCUT2D eigenvalue weighted by atomic mass is 79.9. The largest absolute Gasteiger partial charge is 0.493 e. The molecular formula is C11H15BrO3. The van der Waals surface area contributed by atoms with Crippen molar-refractivity contribution >= 4 is 15.9 Å². The Labute approximate surface area is 98.5 Å². The van der Waals surface area contributed by atoms with Gasteiger partial charge in [0.05, 0.1) is 7.11 Å². The zero-order chi connectivity index (χ0) is 11.1. The molecule has 0 saturated carbocycles. The van der Waals surface area contributed by atoms with Crippen molar-refractivity contribution in [3.8, 4) is 11.5 Å². The number of alkyl halides is 1. The van der Waals surface area contributed by atoms with Crippen molar-refractivity contribution in [2.24, 2.45) is 0 Å². The van der Waals surface area contributed by atoms with Gasteiger partial charge in [-0.3, -0.25) is 0 Å². The van der Waals surface area contributed by atoms with E-state index in [-0.39, 0.29) is 6.79 Å². The van der Waals surface area contributed by atoms with Gasteiger partial charge in [0.25, 0.3) is 0 Å². The lowest BCUT2D eigenvalue weighted by atomic mass is 10.2. The Morgan fingerprint density at radius 3 is 2.67 bits per heavy atom. The van der Waals surface area contributed by atoms with Crippen LogP contribution >= 0.6 is 15.9 Å². The molecule has 1 aromatic carbocycles. The number of rotatable bonds is 6. The second-order valence-electron chi connectivity index (χ2n) is 2.87. The van der Waals surface area contributed by atoms with E-state index in [1.165, 1.54) is 0 Å². The second-order valence-corrected chi connectivity index (χ2v) is 3.43. The summed E-state index contributed by atoms with van der Waals surface area (Å²) < 4.78 is 15.7. The van der Waals surface area contributed by atoms with Gasteiger partial charge in [-0.25, -0.2) is 0 Å². The molecule has 0 bridgehead atoms. The van der Waals surface area contributed by atoms with Crippen LogP contribution in [0.3, 0.4) is 0 Å². The highest BCUT2D eigenvalue weighted by Crippen LogP contribution is 2.28. The SMILES string of the molecule is CCOCOc1ccc(CBr)cc1OC. The molecule has 0 heterocycles. The first-order valence-corrected chi connectivity index (χ1v) is 5.87. The van der Waals surface area contributed by atoms with Gasteiger partial charge in [0.1, 0.15) is 0 Å². The van der Waals surface area contributed by atoms with E-state index >= 15 is 0 Å². The summed E-state index contributed by atoms with van der Waals surface area (Å²) >= 11 is 3.39. The van der Waals surface area contributed by atoms with E-state index in [4.69, 9.17) is 14.2 Å². The molecule has 4 heteroatoms. The smallest absolute Gasteiger partial charge is 0.189 e. The van der Waals surface area contributed by atoms with Gasteiger partial charge >= 0.3 is 0 Å². The molecule has 84 valence electrons. The van der Waals surface area contributed by atoms with E-state index in [9.17, 15) is 0 Å². The van der Waals surface area contributed by atoms with E-state index in [1.54, 1.807) is 7.11 Å². The van der Waals surface area contributed by atoms with Gasteiger partial charge in [-0.05, 0) is 24.6 Å². The third-order valence-electron chi connectivity index (χ3n) is 1.88. The summed E-state index contributed by atoms with van der Waals surface area (Å²) in [6, 6.07) is 5.81. The number of halogens is 1. The molecule has 0 saturated heterocycles. The van der Waals surface area contributed by atoms with Crippen LogP contribution in [0.4, 0.5) is 0 Å². The number of ether oxygens (including phenoxy) is 3. The minimum atomic E-state index is 0.251. The van der Waals surface area contributed by atoms with E-state index in [0.717, 1.165) is 16.6 Å². The van der Waals surface area contributed by atoms with Crippen LogP contribution < -0.4 is 9.47 Å². The van der Waals surface area contributed by atoms with Gasteiger partial charge in [0, 0.05) is 11.9 Å². The fourth-order valence-corrected chi connectivity index (χ4v) is 1.45. The summed E-state index contributed by atoms with van der Waals surface area (Å²) in [5.41, 5.74) is 1.15. The molecule has 0 radical (unpaired) electrons. The summed E-state index contributed by atoms with van der Waals surface area (Å²) in [5.74, 6) is 1.43. The Balaban J connectivity index is 2.69. The van der Waals surface area contributed by atoms with Crippen LogP contribution in [0.25, 0.3) is 0 Å². The predicted molar refractivity (Wildman–Crippen MR) is 62.7 cm³/mol. The fraction of sp³-hybridized carbons (Fsp3) is 0.455. The number of hydrogen-bond acceptors (Lipinski definition) is 3. The van der Waals surface area contributed by atoms with Crippen molar-refractivity contribution in [3.05, 3.63) is 23.8 Å². The standard InChI is InChI=1S/C11H15BrO3/c1-3-14-8-15-10-5-4-9(7-12)6-11(10)13-2/h4-6H,3,7-8H2,1-2H3. The average Bonchev–Trinajstić information content (AvgIpc) is 2.29. The van der Waals surface area contributed by atoms with Crippen LogP contribution in [0.15, 0.2) is 18.2 Å². The summed E-state index contributed by atoms with van der Waals surface area (Å²) in [4.78, 5) is 0. The van der Waals surface area contributed by atoms with Crippen LogP contribution in [0.5, 0.6) is 11.5 Å². The zero-order valence-electron chi connectivity index (χ0n) is 8.96. The van der Waals surface area contributed by atoms with Crippen LogP contribution in [0.2, 0.25) is 0 Å². The molecule has 0 aliphatic carbocycles. The van der Waals surface area contributed by atoms with Crippen molar-refractivity contribution in [2.45, 2.75) is 12.3 Å². The maximum Gasteiger partial charge on any atom is 0.189 e. The first-order valence-electron chi connectivity index (χ1n) is 4.75. The number of benzene rings is 1. The molecule has 0 unspecified atom stereocenters. The van der Waals surface area contributed by atoms with Crippen LogP contribution in [-0.4, -0.2) is 20.5 Å². The predicted octanol–water partition coefficient (Wildman–Crippen LogP) is 2.96. The minimum absolute atomic E-state index is 0.251. The van der Waals surface area contributed by atoms with Gasteiger partial charge in [0.2, 0.25) is 0 Å². The highest BCUT2D eigenvalue weighted by molar-refractivity contribution is 9.08. The molecule has 15 heavy (non-hydrogen) atoms. The minimum Gasteiger partial charge on any atom is -0.493 e. The quantitative estimate of drug-likeness (QED) is 0.454. The summed E-state index contributed by atoms with van der Waals surface area (Å²) in [6.45, 7) is 2.82. The van der Waals surface area contributed by atoms with Crippen LogP contribution in [0, 0.1) is 0 Å². The summed E-state index contributed by atoms with van der Waals surface area (Å²) in [6.07, 6.45) is 0. The number of hydrogen-bond donors (Lipinski definition) is 0. The van der Waals surface area contributed by atoms with Crippen LogP contribution in [0.1, 0.15) is 12.5 Å². The summed E-state index contributed by atoms with van der Waals surface area (Å²) in [5, 5.41) is 0.801. The molecule has 0 spiro atoms. The van der Waals surface area contributed by atoms with Crippen LogP contribution in [-0.2, 0) is 10.1 Å². The maximum atomic E-state index is 5.41. The number of methoxy groups -OCH3 is 1. The molecule has 0 N–H and O–H groups in total. The summed E-state index contributed by atoms with van der Waals surface area (Å²) in [7, 11) is 1.63. The molecule has 0 aliphatic heterocycles. The molecular weight excluding hydrogens is 260 g/mol. The Hall–Kier alpha value is -0.740. The first-order chi connectivity index (χ1) is 7.31. The highest BCUT2D eigenvalue weighted by Gasteiger charge is 2.04. The Morgan fingerprint density at radius 2 is 2.07 bits per heavy atom. The Kier molecular flexibility index (Phi) is 5.50. The third-order valence-corrected chi connectivity index (χ3v) is 2.53. The van der Waals surface area contributed by atoms with E-state index in [2.05, 4.69) is 15.9 Å². The first kappa shape index (κ1) is 12.3. The van der Waals surface area contributed by atoms with Gasteiger partial charge in [-0.1, -0.05) is 22.0 Å². The van der Waals surface area contributed by atoms with Crippen molar-refractivity contribution < 1.29 is 14.2 Å². The van der Waals surface area contributed by atoms with Gasteiger partial charge in [-0.15, -0.1) is 0 Å². The maximum absolute atomic E-state index is 5.41. The molecule has 1 aromatic rings. The van der Waals surface area contributed by atoms with E-state index in [1.807, 2.05) is 25.1 Å². The van der Waals surface area contributed by atoms with Crippen molar-refractivity contribution in [1.29, 1.82) is 0 Å². The molecule has 0 aromatic heterocycles. The van der Waals surface area contributed by atoms with Crippen molar-refractivity contribution in [3.63, 3.8) is 0 Å². The molecule has 0 fully saturated rings. The van der Waals surface area contributed by atoms with E-state index in [0.29, 0.717) is 12.4 Å². The van der Waals surface area contributed by atoms with Crippen molar-refractivity contribution in [2.75, 3.05) is 20.5 Å². The molecule has 1 rings (SSSR count). The van der Waals surface area contributed by atoms with Gasteiger partial charge in [-0.2, -0.15) is 0 Å². The normalized spacial score (nSPS) is 10.1. The lowest BCUT2D eigenvalue weighted by Crippen LogP contribution is -2.03. The monoisotopic (exact) mass is 274 g/mol. The van der Waals surface area contributed by atoms with Crippen molar-refractivity contribution in [1.82, 2.24) is 0 Å².